The zero-order valence-electron chi connectivity index (χ0n) is 35.0. The Morgan fingerprint density at radius 1 is 0.862 bits per heavy atom. The highest BCUT2D eigenvalue weighted by atomic mass is 16.7. The highest BCUT2D eigenvalue weighted by molar-refractivity contribution is 5.96. The van der Waals surface area contributed by atoms with Gasteiger partial charge in [-0.2, -0.15) is 0 Å². The van der Waals surface area contributed by atoms with E-state index in [0.717, 1.165) is 61.5 Å². The fourth-order valence-corrected chi connectivity index (χ4v) is 6.38. The molecule has 58 heavy (non-hydrogen) atoms. The monoisotopic (exact) mass is 801 g/mol. The van der Waals surface area contributed by atoms with E-state index in [1.807, 2.05) is 78.9 Å². The maximum Gasteiger partial charge on any atom is 0.408 e. The van der Waals surface area contributed by atoms with Crippen molar-refractivity contribution in [2.75, 3.05) is 32.8 Å². The minimum atomic E-state index is -0.909. The zero-order valence-corrected chi connectivity index (χ0v) is 35.0. The van der Waals surface area contributed by atoms with Gasteiger partial charge in [0.2, 0.25) is 0 Å². The number of benzene rings is 3. The molecule has 2 atom stereocenters. The van der Waals surface area contributed by atoms with Crippen LogP contribution < -0.4 is 31.7 Å². The molecule has 0 saturated carbocycles. The Labute approximate surface area is 343 Å². The molecule has 3 aromatic rings. The Morgan fingerprint density at radius 2 is 1.47 bits per heavy atom. The Bertz CT molecular complexity index is 1750. The Balaban J connectivity index is 1.06. The molecule has 2 unspecified atom stereocenters. The summed E-state index contributed by atoms with van der Waals surface area (Å²) in [6, 6.07) is 23.5. The molecule has 1 aliphatic heterocycles. The van der Waals surface area contributed by atoms with Gasteiger partial charge >= 0.3 is 18.0 Å². The van der Waals surface area contributed by atoms with E-state index >= 15 is 0 Å². The zero-order chi connectivity index (χ0) is 42.1. The van der Waals surface area contributed by atoms with Gasteiger partial charge in [-0.15, -0.1) is 5.48 Å². The second-order valence-corrected chi connectivity index (χ2v) is 16.1. The van der Waals surface area contributed by atoms with Crippen molar-refractivity contribution in [2.24, 2.45) is 23.3 Å². The number of nitrogens with one attached hydrogen (secondary N) is 2. The van der Waals surface area contributed by atoms with Crippen LogP contribution in [0.4, 0.5) is 4.79 Å². The molecule has 6 N–H and O–H groups in total. The number of ether oxygens (including phenoxy) is 4. The number of rotatable bonds is 20. The van der Waals surface area contributed by atoms with E-state index < -0.39 is 35.8 Å². The van der Waals surface area contributed by atoms with Gasteiger partial charge in [-0.05, 0) is 138 Å². The standard InChI is InChI=1S/C45H63N5O8/c1-31(2)40(48-44(53)57-45(4,5)6)43(52)58-49-41(47)36-17-21-38(22-18-36)54-28-10-14-33-23-26-50(27-24-33)25-11-29-55-37-19-15-35(16-20-37)39(46)32(3)42(51)56-30-34-12-8-7-9-13-34/h7-9,12-13,15-22,31,33,40-41,49H,10-11,14,23-30,46-47H2,1-6H3,(H,48,53)/b39-32-. The van der Waals surface area contributed by atoms with Crippen molar-refractivity contribution < 1.29 is 38.2 Å². The van der Waals surface area contributed by atoms with Crippen LogP contribution in [0.3, 0.4) is 0 Å². The molecule has 13 heteroatoms. The second kappa shape index (κ2) is 22.7. The predicted molar refractivity (Wildman–Crippen MR) is 224 cm³/mol. The molecule has 3 aromatic carbocycles. The maximum absolute atomic E-state index is 12.7. The third-order valence-corrected chi connectivity index (χ3v) is 9.83. The number of amides is 1. The molecule has 1 fully saturated rings. The quantitative estimate of drug-likeness (QED) is 0.0230. The Kier molecular flexibility index (Phi) is 17.9. The van der Waals surface area contributed by atoms with Crippen molar-refractivity contribution >= 4 is 23.7 Å². The topological polar surface area (TPSA) is 177 Å². The summed E-state index contributed by atoms with van der Waals surface area (Å²) in [6.07, 6.45) is 3.92. The molecule has 0 bridgehead atoms. The highest BCUT2D eigenvalue weighted by Gasteiger charge is 2.29. The molecule has 316 valence electrons. The molecule has 0 radical (unpaired) electrons. The minimum absolute atomic E-state index is 0.199. The minimum Gasteiger partial charge on any atom is -0.494 e. The first-order valence-corrected chi connectivity index (χ1v) is 20.3. The molecule has 13 nitrogen and oxygen atoms in total. The van der Waals surface area contributed by atoms with Crippen LogP contribution in [0, 0.1) is 11.8 Å². The summed E-state index contributed by atoms with van der Waals surface area (Å²) in [4.78, 5) is 45.1. The number of carbonyl (C=O) groups is 3. The highest BCUT2D eigenvalue weighted by Crippen LogP contribution is 2.24. The largest absolute Gasteiger partial charge is 0.494 e. The van der Waals surface area contributed by atoms with E-state index in [9.17, 15) is 14.4 Å². The van der Waals surface area contributed by atoms with Gasteiger partial charge in [0.25, 0.3) is 0 Å². The predicted octanol–water partition coefficient (Wildman–Crippen LogP) is 7.01. The number of piperidine rings is 1. The normalized spacial score (nSPS) is 15.2. The SMILES string of the molecule is C/C(C(=O)OCc1ccccc1)=C(/N)c1ccc(OCCCN2CCC(CCCOc3ccc(C(N)NOC(=O)C(NC(=O)OC(C)(C)C)C(C)C)cc3)CC2)cc1. The molecular weight excluding hydrogens is 739 g/mol. The van der Waals surface area contributed by atoms with Crippen molar-refractivity contribution in [2.45, 2.75) is 98.1 Å². The van der Waals surface area contributed by atoms with Gasteiger partial charge in [-0.1, -0.05) is 56.3 Å². The van der Waals surface area contributed by atoms with Crippen molar-refractivity contribution in [3.05, 3.63) is 101 Å². The van der Waals surface area contributed by atoms with Gasteiger partial charge < -0.3 is 45.5 Å². The molecule has 1 heterocycles. The first-order valence-electron chi connectivity index (χ1n) is 20.3. The second-order valence-electron chi connectivity index (χ2n) is 16.1. The summed E-state index contributed by atoms with van der Waals surface area (Å²) in [5.41, 5.74) is 17.5. The average molecular weight is 802 g/mol. The van der Waals surface area contributed by atoms with Crippen molar-refractivity contribution in [3.8, 4) is 11.5 Å². The summed E-state index contributed by atoms with van der Waals surface area (Å²) in [7, 11) is 0. The van der Waals surface area contributed by atoms with Crippen LogP contribution in [0.2, 0.25) is 0 Å². The van der Waals surface area contributed by atoms with E-state index in [1.54, 1.807) is 41.5 Å². The number of hydrogen-bond acceptors (Lipinski definition) is 12. The van der Waals surface area contributed by atoms with Crippen molar-refractivity contribution in [1.29, 1.82) is 0 Å². The van der Waals surface area contributed by atoms with Gasteiger partial charge in [0.15, 0.2) is 0 Å². The smallest absolute Gasteiger partial charge is 0.408 e. The van der Waals surface area contributed by atoms with Crippen molar-refractivity contribution in [3.63, 3.8) is 0 Å². The van der Waals surface area contributed by atoms with Gasteiger partial charge in [0.1, 0.15) is 35.9 Å². The first-order chi connectivity index (χ1) is 27.7. The number of nitrogens with two attached hydrogens (primary N) is 2. The van der Waals surface area contributed by atoms with Gasteiger partial charge in [-0.3, -0.25) is 0 Å². The first kappa shape index (κ1) is 45.6. The van der Waals surface area contributed by atoms with Crippen LogP contribution in [-0.4, -0.2) is 67.4 Å². The fourth-order valence-electron chi connectivity index (χ4n) is 6.38. The van der Waals surface area contributed by atoms with Gasteiger partial charge in [0, 0.05) is 12.2 Å². The average Bonchev–Trinajstić information content (AvgIpc) is 3.21. The Hall–Kier alpha value is -5.11. The summed E-state index contributed by atoms with van der Waals surface area (Å²) in [5, 5.41) is 2.57. The van der Waals surface area contributed by atoms with E-state index in [1.165, 1.54) is 12.8 Å². The van der Waals surface area contributed by atoms with Crippen LogP contribution in [0.15, 0.2) is 84.4 Å². The summed E-state index contributed by atoms with van der Waals surface area (Å²) in [6.45, 7) is 15.1. The van der Waals surface area contributed by atoms with Gasteiger partial charge in [0.05, 0.1) is 18.8 Å². The molecule has 4 rings (SSSR count). The lowest BCUT2D eigenvalue weighted by Gasteiger charge is -2.32. The summed E-state index contributed by atoms with van der Waals surface area (Å²) >= 11 is 0. The number of esters is 1. The van der Waals surface area contributed by atoms with Crippen molar-refractivity contribution in [1.82, 2.24) is 15.7 Å². The molecule has 0 aliphatic carbocycles. The third kappa shape index (κ3) is 15.7. The summed E-state index contributed by atoms with van der Waals surface area (Å²) in [5.74, 6) is 0.867. The van der Waals surface area contributed by atoms with E-state index in [2.05, 4.69) is 15.7 Å². The third-order valence-electron chi connectivity index (χ3n) is 9.83. The molecule has 0 spiro atoms. The van der Waals surface area contributed by atoms with Crippen LogP contribution in [0.25, 0.3) is 5.70 Å². The maximum atomic E-state index is 12.7. The van der Waals surface area contributed by atoms with Crippen LogP contribution in [0.1, 0.15) is 96.5 Å². The molecule has 0 aromatic heterocycles. The van der Waals surface area contributed by atoms with Crippen LogP contribution in [-0.2, 0) is 30.5 Å². The number of hydrogen-bond donors (Lipinski definition) is 4. The molecule has 1 saturated heterocycles. The number of carbonyl (C=O) groups excluding carboxylic acids is 3. The van der Waals surface area contributed by atoms with E-state index in [0.29, 0.717) is 36.0 Å². The number of alkyl carbamates (subject to hydrolysis) is 1. The molecular formula is C45H63N5O8. The number of nitrogens with zero attached hydrogens (tertiary/aromatic N) is 1. The number of hydroxylamine groups is 1. The van der Waals surface area contributed by atoms with E-state index in [4.69, 9.17) is 35.3 Å². The molecule has 1 aliphatic rings. The lowest BCUT2D eigenvalue weighted by molar-refractivity contribution is -0.157. The lowest BCUT2D eigenvalue weighted by atomic mass is 9.92. The van der Waals surface area contributed by atoms with Gasteiger partial charge in [-0.25, -0.2) is 14.4 Å². The lowest BCUT2D eigenvalue weighted by Crippen LogP contribution is -2.48. The summed E-state index contributed by atoms with van der Waals surface area (Å²) < 4.78 is 22.7. The Morgan fingerprint density at radius 3 is 2.07 bits per heavy atom. The van der Waals surface area contributed by atoms with E-state index in [-0.39, 0.29) is 12.5 Å². The fraction of sp³-hybridized carbons (Fsp3) is 0.489. The number of likely N-dealkylation sites (tertiary alicyclic amines) is 1. The molecule has 1 amide bonds. The van der Waals surface area contributed by atoms with Crippen LogP contribution in [0.5, 0.6) is 11.5 Å². The van der Waals surface area contributed by atoms with Crippen LogP contribution >= 0.6 is 0 Å².